The van der Waals surface area contributed by atoms with E-state index in [2.05, 4.69) is 26.6 Å². The van der Waals surface area contributed by atoms with Crippen molar-refractivity contribution in [1.82, 2.24) is 14.9 Å². The molecule has 0 atom stereocenters. The lowest BCUT2D eigenvalue weighted by Crippen LogP contribution is -2.51. The third-order valence-corrected chi connectivity index (χ3v) is 7.54. The topological polar surface area (TPSA) is 85.2 Å². The summed E-state index contributed by atoms with van der Waals surface area (Å²) in [5, 5.41) is 6.55. The van der Waals surface area contributed by atoms with Crippen LogP contribution in [0.2, 0.25) is 5.02 Å². The van der Waals surface area contributed by atoms with E-state index in [4.69, 9.17) is 21.3 Å². The van der Waals surface area contributed by atoms with E-state index in [1.807, 2.05) is 67.1 Å². The molecule has 3 aromatic carbocycles. The van der Waals surface area contributed by atoms with Crippen molar-refractivity contribution in [3.63, 3.8) is 0 Å². The number of imidazole rings is 1. The van der Waals surface area contributed by atoms with Crippen molar-refractivity contribution >= 4 is 56.1 Å². The van der Waals surface area contributed by atoms with E-state index >= 15 is 0 Å². The third kappa shape index (κ3) is 5.42. The lowest BCUT2D eigenvalue weighted by atomic mass is 9.87. The number of carbonyl (C=O) groups excluding carboxylic acids is 2. The zero-order chi connectivity index (χ0) is 26.2. The lowest BCUT2D eigenvalue weighted by Gasteiger charge is -2.36. The number of halogens is 2. The summed E-state index contributed by atoms with van der Waals surface area (Å²) in [6, 6.07) is 18.7. The van der Waals surface area contributed by atoms with E-state index in [9.17, 15) is 9.59 Å². The monoisotopic (exact) mass is 580 g/mol. The van der Waals surface area contributed by atoms with Crippen molar-refractivity contribution in [3.05, 3.63) is 92.7 Å². The molecule has 2 heterocycles. The van der Waals surface area contributed by atoms with Gasteiger partial charge in [-0.25, -0.2) is 4.98 Å². The molecule has 0 aliphatic carbocycles. The number of carbonyl (C=O) groups is 2. The van der Waals surface area contributed by atoms with Gasteiger partial charge in [0.05, 0.1) is 29.7 Å². The maximum absolute atomic E-state index is 12.8. The van der Waals surface area contributed by atoms with Crippen molar-refractivity contribution < 1.29 is 14.3 Å². The average molecular weight is 582 g/mol. The van der Waals surface area contributed by atoms with Crippen LogP contribution in [-0.4, -0.2) is 34.6 Å². The van der Waals surface area contributed by atoms with Crippen LogP contribution in [0, 0.1) is 5.41 Å². The van der Waals surface area contributed by atoms with Gasteiger partial charge in [-0.2, -0.15) is 0 Å². The molecule has 190 valence electrons. The summed E-state index contributed by atoms with van der Waals surface area (Å²) >= 11 is 9.92. The number of benzene rings is 3. The van der Waals surface area contributed by atoms with Gasteiger partial charge < -0.3 is 19.9 Å². The molecule has 0 saturated carbocycles. The molecular weight excluding hydrogens is 556 g/mol. The zero-order valence-electron chi connectivity index (χ0n) is 20.5. The standard InChI is InChI=1S/C28H26BrClN4O3/c1-28(15-37-16-28)27(36)31-14-17-3-9-22(30)19(11-17)13-25-33-23-12-18(4-10-24(23)34(25)2)26(35)32-21-7-5-20(29)6-8-21/h3-12H,13-16H2,1-2H3,(H,31,36)(H,32,35). The highest BCUT2D eigenvalue weighted by Gasteiger charge is 2.40. The Hall–Kier alpha value is -3.20. The quantitative estimate of drug-likeness (QED) is 0.303. The van der Waals surface area contributed by atoms with Crippen LogP contribution >= 0.6 is 27.5 Å². The third-order valence-electron chi connectivity index (χ3n) is 6.64. The molecule has 1 aliphatic rings. The number of fused-ring (bicyclic) bond motifs is 1. The zero-order valence-corrected chi connectivity index (χ0v) is 22.8. The minimum atomic E-state index is -0.448. The number of ether oxygens (including phenoxy) is 1. The second-order valence-corrected chi connectivity index (χ2v) is 10.9. The van der Waals surface area contributed by atoms with Crippen LogP contribution in [0.25, 0.3) is 11.0 Å². The van der Waals surface area contributed by atoms with Gasteiger partial charge in [-0.3, -0.25) is 9.59 Å². The van der Waals surface area contributed by atoms with Gasteiger partial charge in [0.1, 0.15) is 5.82 Å². The molecule has 37 heavy (non-hydrogen) atoms. The van der Waals surface area contributed by atoms with E-state index in [-0.39, 0.29) is 11.8 Å². The maximum atomic E-state index is 12.8. The highest BCUT2D eigenvalue weighted by atomic mass is 79.9. The summed E-state index contributed by atoms with van der Waals surface area (Å²) in [5.41, 5.74) is 4.33. The summed E-state index contributed by atoms with van der Waals surface area (Å²) in [6.07, 6.45) is 0.512. The molecule has 7 nitrogen and oxygen atoms in total. The van der Waals surface area contributed by atoms with E-state index < -0.39 is 5.41 Å². The summed E-state index contributed by atoms with van der Waals surface area (Å²) in [4.78, 5) is 30.0. The molecular formula is C28H26BrClN4O3. The van der Waals surface area contributed by atoms with Crippen LogP contribution < -0.4 is 10.6 Å². The van der Waals surface area contributed by atoms with Gasteiger partial charge in [0.15, 0.2) is 0 Å². The van der Waals surface area contributed by atoms with Crippen molar-refractivity contribution in [2.45, 2.75) is 19.9 Å². The molecule has 0 unspecified atom stereocenters. The van der Waals surface area contributed by atoms with Crippen molar-refractivity contribution in [2.75, 3.05) is 18.5 Å². The Morgan fingerprint density at radius 3 is 2.57 bits per heavy atom. The van der Waals surface area contributed by atoms with Crippen LogP contribution in [-0.2, 0) is 29.5 Å². The van der Waals surface area contributed by atoms with E-state index in [0.717, 1.165) is 38.1 Å². The normalized spacial score (nSPS) is 14.3. The predicted octanol–water partition coefficient (Wildman–Crippen LogP) is 5.49. The first-order valence-corrected chi connectivity index (χ1v) is 13.0. The molecule has 0 bridgehead atoms. The number of hydrogen-bond acceptors (Lipinski definition) is 4. The van der Waals surface area contributed by atoms with E-state index in [1.54, 1.807) is 12.1 Å². The molecule has 1 fully saturated rings. The first-order valence-electron chi connectivity index (χ1n) is 11.9. The van der Waals surface area contributed by atoms with E-state index in [1.165, 1.54) is 0 Å². The predicted molar refractivity (Wildman–Crippen MR) is 148 cm³/mol. The van der Waals surface area contributed by atoms with Crippen molar-refractivity contribution in [1.29, 1.82) is 0 Å². The number of hydrogen-bond donors (Lipinski definition) is 2. The molecule has 5 rings (SSSR count). The lowest BCUT2D eigenvalue weighted by molar-refractivity contribution is -0.157. The number of nitrogens with one attached hydrogen (secondary N) is 2. The first-order chi connectivity index (χ1) is 17.7. The molecule has 1 aliphatic heterocycles. The summed E-state index contributed by atoms with van der Waals surface area (Å²) < 4.78 is 8.14. The Balaban J connectivity index is 1.32. The summed E-state index contributed by atoms with van der Waals surface area (Å²) in [6.45, 7) is 3.22. The van der Waals surface area contributed by atoms with Crippen LogP contribution in [0.3, 0.4) is 0 Å². The Labute approximate surface area is 228 Å². The summed E-state index contributed by atoms with van der Waals surface area (Å²) in [7, 11) is 1.95. The average Bonchev–Trinajstić information content (AvgIpc) is 3.18. The van der Waals surface area contributed by atoms with Crippen LogP contribution in [0.15, 0.2) is 65.1 Å². The molecule has 1 saturated heterocycles. The van der Waals surface area contributed by atoms with Crippen molar-refractivity contribution in [3.8, 4) is 0 Å². The van der Waals surface area contributed by atoms with Crippen LogP contribution in [0.1, 0.15) is 34.2 Å². The van der Waals surface area contributed by atoms with E-state index in [0.29, 0.717) is 36.8 Å². The number of anilines is 1. The number of aryl methyl sites for hydroxylation is 1. The maximum Gasteiger partial charge on any atom is 0.255 e. The second kappa shape index (κ2) is 10.3. The fraction of sp³-hybridized carbons (Fsp3) is 0.250. The van der Waals surface area contributed by atoms with Gasteiger partial charge in [0.25, 0.3) is 5.91 Å². The Kier molecular flexibility index (Phi) is 7.07. The molecule has 1 aromatic heterocycles. The molecule has 0 radical (unpaired) electrons. The second-order valence-electron chi connectivity index (χ2n) is 9.59. The number of rotatable bonds is 7. The van der Waals surface area contributed by atoms with Gasteiger partial charge in [0, 0.05) is 40.8 Å². The smallest absolute Gasteiger partial charge is 0.255 e. The minimum Gasteiger partial charge on any atom is -0.379 e. The largest absolute Gasteiger partial charge is 0.379 e. The molecule has 9 heteroatoms. The number of amides is 2. The fourth-order valence-corrected chi connectivity index (χ4v) is 4.71. The SMILES string of the molecule is Cn1c(Cc2cc(CNC(=O)C3(C)COC3)ccc2Cl)nc2cc(C(=O)Nc3ccc(Br)cc3)ccc21. The van der Waals surface area contributed by atoms with Crippen LogP contribution in [0.4, 0.5) is 5.69 Å². The Morgan fingerprint density at radius 1 is 1.11 bits per heavy atom. The molecule has 4 aromatic rings. The molecule has 2 amide bonds. The van der Waals surface area contributed by atoms with Crippen LogP contribution in [0.5, 0.6) is 0 Å². The van der Waals surface area contributed by atoms with Crippen molar-refractivity contribution in [2.24, 2.45) is 12.5 Å². The fourth-order valence-electron chi connectivity index (χ4n) is 4.26. The van der Waals surface area contributed by atoms with Gasteiger partial charge >= 0.3 is 0 Å². The summed E-state index contributed by atoms with van der Waals surface area (Å²) in [5.74, 6) is 0.616. The van der Waals surface area contributed by atoms with Gasteiger partial charge in [-0.15, -0.1) is 0 Å². The highest BCUT2D eigenvalue weighted by molar-refractivity contribution is 9.10. The van der Waals surface area contributed by atoms with Gasteiger partial charge in [-0.05, 0) is 66.6 Å². The minimum absolute atomic E-state index is 0.00873. The highest BCUT2D eigenvalue weighted by Crippen LogP contribution is 2.27. The van der Waals surface area contributed by atoms with Gasteiger partial charge in [-0.1, -0.05) is 39.7 Å². The van der Waals surface area contributed by atoms with Gasteiger partial charge in [0.2, 0.25) is 5.91 Å². The Bertz CT molecular complexity index is 1500. The Morgan fingerprint density at radius 2 is 1.86 bits per heavy atom. The number of aromatic nitrogens is 2. The number of nitrogens with zero attached hydrogens (tertiary/aromatic N) is 2. The molecule has 0 spiro atoms. The molecule has 2 N–H and O–H groups in total. The first kappa shape index (κ1) is 25.4.